The Balaban J connectivity index is 5.23. The Morgan fingerprint density at radius 2 is 0.468 bits per heavy atom. The van der Waals surface area contributed by atoms with Gasteiger partial charge in [0.25, 0.3) is 0 Å². The summed E-state index contributed by atoms with van der Waals surface area (Å²) in [7, 11) is -9.93. The van der Waals surface area contributed by atoms with Gasteiger partial charge in [0.15, 0.2) is 12.2 Å². The van der Waals surface area contributed by atoms with Crippen molar-refractivity contribution < 1.29 is 80.2 Å². The number of unbranched alkanes of at least 4 members (excludes halogenated alkanes) is 58. The molecule has 0 fully saturated rings. The number of phosphoric ester groups is 2. The van der Waals surface area contributed by atoms with E-state index in [4.69, 9.17) is 37.0 Å². The summed E-state index contributed by atoms with van der Waals surface area (Å²) >= 11 is 0. The average Bonchev–Trinajstić information content (AvgIpc) is 0.914. The van der Waals surface area contributed by atoms with Gasteiger partial charge >= 0.3 is 39.5 Å². The molecule has 6 atom stereocenters. The quantitative estimate of drug-likeness (QED) is 0.0222. The van der Waals surface area contributed by atoms with Gasteiger partial charge in [0.1, 0.15) is 19.3 Å². The lowest BCUT2D eigenvalue weighted by Gasteiger charge is -2.21. The number of carbonyl (C=O) groups is 4. The molecule has 0 saturated carbocycles. The van der Waals surface area contributed by atoms with Crippen LogP contribution in [-0.4, -0.2) is 96.7 Å². The average molecular weight is 1590 g/mol. The lowest BCUT2D eigenvalue weighted by Crippen LogP contribution is -2.30. The second-order valence-electron chi connectivity index (χ2n) is 33.1. The maximum Gasteiger partial charge on any atom is 0.472 e. The number of aliphatic hydroxyl groups excluding tert-OH is 1. The van der Waals surface area contributed by atoms with E-state index in [1.165, 1.54) is 302 Å². The van der Waals surface area contributed by atoms with E-state index < -0.39 is 97.5 Å². The van der Waals surface area contributed by atoms with Crippen molar-refractivity contribution in [1.29, 1.82) is 0 Å². The molecule has 0 radical (unpaired) electrons. The third-order valence-electron chi connectivity index (χ3n) is 21.6. The lowest BCUT2D eigenvalue weighted by molar-refractivity contribution is -0.161. The molecule has 0 aromatic heterocycles. The molecule has 0 rings (SSSR count). The van der Waals surface area contributed by atoms with Crippen molar-refractivity contribution in [3.05, 3.63) is 0 Å². The van der Waals surface area contributed by atoms with E-state index in [-0.39, 0.29) is 25.7 Å². The Morgan fingerprint density at radius 1 is 0.266 bits per heavy atom. The van der Waals surface area contributed by atoms with Crippen LogP contribution in [0.25, 0.3) is 0 Å². The summed E-state index contributed by atoms with van der Waals surface area (Å²) in [5, 5.41) is 10.7. The van der Waals surface area contributed by atoms with Gasteiger partial charge in [-0.25, -0.2) is 9.13 Å². The fourth-order valence-electron chi connectivity index (χ4n) is 14.1. The van der Waals surface area contributed by atoms with E-state index in [2.05, 4.69) is 41.5 Å². The predicted octanol–water partition coefficient (Wildman–Crippen LogP) is 27.8. The molecule has 0 aromatic rings. The number of phosphoric acid groups is 2. The molecule has 19 heteroatoms. The summed E-state index contributed by atoms with van der Waals surface area (Å²) in [6.07, 6.45) is 75.0. The molecule has 0 aliphatic carbocycles. The number of rotatable bonds is 89. The highest BCUT2D eigenvalue weighted by Crippen LogP contribution is 2.45. The Morgan fingerprint density at radius 3 is 0.697 bits per heavy atom. The van der Waals surface area contributed by atoms with Crippen LogP contribution in [0.4, 0.5) is 0 Å². The molecule has 0 spiro atoms. The van der Waals surface area contributed by atoms with Crippen LogP contribution >= 0.6 is 15.6 Å². The zero-order valence-electron chi connectivity index (χ0n) is 71.9. The van der Waals surface area contributed by atoms with E-state index in [9.17, 15) is 43.2 Å². The minimum Gasteiger partial charge on any atom is -0.462 e. The van der Waals surface area contributed by atoms with Gasteiger partial charge in [-0.05, 0) is 37.5 Å². The second-order valence-corrected chi connectivity index (χ2v) is 36.0. The highest BCUT2D eigenvalue weighted by Gasteiger charge is 2.31. The predicted molar refractivity (Wildman–Crippen MR) is 451 cm³/mol. The molecule has 0 amide bonds. The van der Waals surface area contributed by atoms with Crippen LogP contribution in [0.2, 0.25) is 0 Å². The first-order valence-electron chi connectivity index (χ1n) is 46.5. The molecule has 109 heavy (non-hydrogen) atoms. The molecule has 3 N–H and O–H groups in total. The number of esters is 4. The van der Waals surface area contributed by atoms with Crippen molar-refractivity contribution in [2.45, 2.75) is 503 Å². The molecule has 0 saturated heterocycles. The maximum atomic E-state index is 13.2. The molecule has 0 heterocycles. The summed E-state index contributed by atoms with van der Waals surface area (Å²) < 4.78 is 69.0. The Bertz CT molecular complexity index is 2080. The maximum absolute atomic E-state index is 13.2. The molecule has 0 bridgehead atoms. The number of ether oxygens (including phenoxy) is 4. The molecular weight excluding hydrogens is 1410 g/mol. The van der Waals surface area contributed by atoms with Crippen LogP contribution in [0.5, 0.6) is 0 Å². The fourth-order valence-corrected chi connectivity index (χ4v) is 15.7. The zero-order valence-corrected chi connectivity index (χ0v) is 73.7. The first-order chi connectivity index (χ1) is 52.9. The monoisotopic (exact) mass is 1590 g/mol. The molecule has 648 valence electrons. The van der Waals surface area contributed by atoms with Crippen molar-refractivity contribution >= 4 is 39.5 Å². The van der Waals surface area contributed by atoms with Crippen LogP contribution in [0.1, 0.15) is 485 Å². The molecule has 0 aliphatic rings. The van der Waals surface area contributed by atoms with Gasteiger partial charge in [0, 0.05) is 25.7 Å². The molecule has 0 aromatic carbocycles. The minimum absolute atomic E-state index is 0.107. The highest BCUT2D eigenvalue weighted by atomic mass is 31.2. The van der Waals surface area contributed by atoms with Crippen LogP contribution in [0.15, 0.2) is 0 Å². The van der Waals surface area contributed by atoms with Crippen LogP contribution in [0.3, 0.4) is 0 Å². The normalized spacial score (nSPS) is 14.0. The Kier molecular flexibility index (Phi) is 79.8. The van der Waals surface area contributed by atoms with Gasteiger partial charge in [-0.2, -0.15) is 0 Å². The van der Waals surface area contributed by atoms with Crippen molar-refractivity contribution in [2.75, 3.05) is 39.6 Å². The van der Waals surface area contributed by atoms with Gasteiger partial charge in [-0.15, -0.1) is 0 Å². The second kappa shape index (κ2) is 81.2. The summed E-state index contributed by atoms with van der Waals surface area (Å²) in [5.41, 5.74) is 0. The smallest absolute Gasteiger partial charge is 0.462 e. The summed E-state index contributed by atoms with van der Waals surface area (Å²) in [5.74, 6) is -0.471. The van der Waals surface area contributed by atoms with Crippen LogP contribution < -0.4 is 0 Å². The topological polar surface area (TPSA) is 237 Å². The minimum atomic E-state index is -4.97. The van der Waals surface area contributed by atoms with Gasteiger partial charge in [0.2, 0.25) is 0 Å². The third-order valence-corrected chi connectivity index (χ3v) is 23.5. The van der Waals surface area contributed by atoms with E-state index >= 15 is 0 Å². The van der Waals surface area contributed by atoms with Crippen molar-refractivity contribution in [2.24, 2.45) is 11.8 Å². The van der Waals surface area contributed by atoms with E-state index in [1.807, 2.05) is 0 Å². The lowest BCUT2D eigenvalue weighted by atomic mass is 9.99. The van der Waals surface area contributed by atoms with E-state index in [0.717, 1.165) is 102 Å². The zero-order chi connectivity index (χ0) is 79.9. The summed E-state index contributed by atoms with van der Waals surface area (Å²) in [6, 6.07) is 0. The number of hydrogen-bond acceptors (Lipinski definition) is 15. The highest BCUT2D eigenvalue weighted by molar-refractivity contribution is 7.47. The van der Waals surface area contributed by atoms with Gasteiger partial charge in [-0.1, -0.05) is 433 Å². The van der Waals surface area contributed by atoms with Crippen LogP contribution in [0, 0.1) is 11.8 Å². The number of aliphatic hydroxyl groups is 1. The van der Waals surface area contributed by atoms with Crippen LogP contribution in [-0.2, 0) is 65.4 Å². The van der Waals surface area contributed by atoms with Crippen molar-refractivity contribution in [3.63, 3.8) is 0 Å². The first kappa shape index (κ1) is 107. The number of hydrogen-bond donors (Lipinski definition) is 3. The Labute approximate surface area is 670 Å². The largest absolute Gasteiger partial charge is 0.472 e. The first-order valence-corrected chi connectivity index (χ1v) is 49.5. The molecule has 3 unspecified atom stereocenters. The van der Waals surface area contributed by atoms with Gasteiger partial charge in [-0.3, -0.25) is 37.3 Å². The molecule has 0 aliphatic heterocycles. The van der Waals surface area contributed by atoms with Gasteiger partial charge < -0.3 is 33.8 Å². The molecule has 17 nitrogen and oxygen atoms in total. The fraction of sp³-hybridized carbons (Fsp3) is 0.956. The SMILES string of the molecule is CCCCCCCCCCCCCCCCCCCCCCCCC(=O)O[C@H](COC(=O)CCCCCCCCCCCCCCCCCCCCC(C)C)COP(=O)(O)OC[C@@H](O)COP(=O)(O)OC[C@@H](COC(=O)CCCCCCCCCCCCCC)OC(=O)CCCCCCCCCCCCC(C)CC. The number of carbonyl (C=O) groups excluding carboxylic acids is 4. The third kappa shape index (κ3) is 82.4. The van der Waals surface area contributed by atoms with Gasteiger partial charge in [0.05, 0.1) is 26.4 Å². The van der Waals surface area contributed by atoms with E-state index in [1.54, 1.807) is 0 Å². The van der Waals surface area contributed by atoms with E-state index in [0.29, 0.717) is 25.7 Å². The molecular formula is C90H176O17P2. The van der Waals surface area contributed by atoms with Crippen molar-refractivity contribution in [3.8, 4) is 0 Å². The standard InChI is InChI=1S/C90H176O17P2/c1-7-10-12-14-16-18-20-22-23-24-25-26-27-28-33-36-39-43-50-56-62-68-74-89(94)106-85(78-101-88(93)73-67-61-55-49-42-38-35-32-30-29-31-34-37-40-46-52-58-64-70-82(4)5)80-104-108(96,97)102-76-84(91)77-103-109(98,99)105-81-86(79-100-87(92)72-66-60-54-48-41-21-19-17-15-13-11-8-2)107-90(95)75-69-63-57-51-45-44-47-53-59-65-71-83(6)9-3/h82-86,91H,7-81H2,1-6H3,(H,96,97)(H,98,99)/t83?,84-,85-,86-/m1/s1. The summed E-state index contributed by atoms with van der Waals surface area (Å²) in [6.45, 7) is 9.75. The summed E-state index contributed by atoms with van der Waals surface area (Å²) in [4.78, 5) is 73.4. The van der Waals surface area contributed by atoms with Crippen molar-refractivity contribution in [1.82, 2.24) is 0 Å². The Hall–Kier alpha value is -1.94.